The summed E-state index contributed by atoms with van der Waals surface area (Å²) in [5, 5.41) is 24.1. The van der Waals surface area contributed by atoms with Crippen LogP contribution >= 0.6 is 24.4 Å². The first kappa shape index (κ1) is 46.7. The number of likely N-dealkylation sites (tertiary alicyclic amines) is 1. The maximum Gasteiger partial charge on any atom is 0.317 e. The Bertz CT molecular complexity index is 984. The number of amides is 2. The van der Waals surface area contributed by atoms with Crippen LogP contribution in [0, 0.1) is 0 Å². The average molecular weight is 777 g/mol. The van der Waals surface area contributed by atoms with Crippen LogP contribution in [-0.2, 0) is 33.3 Å². The van der Waals surface area contributed by atoms with E-state index >= 15 is 0 Å². The maximum absolute atomic E-state index is 12.8. The number of unbranched alkanes of at least 4 members (excludes halogenated alkanes) is 8. The molecular formula is C36H66N5O9S2-. The van der Waals surface area contributed by atoms with Gasteiger partial charge < -0.3 is 44.4 Å². The van der Waals surface area contributed by atoms with Gasteiger partial charge in [-0.05, 0) is 43.2 Å². The molecule has 2 amide bonds. The molecule has 2 saturated heterocycles. The van der Waals surface area contributed by atoms with Crippen LogP contribution in [-0.4, -0.2) is 179 Å². The van der Waals surface area contributed by atoms with Gasteiger partial charge in [0.2, 0.25) is 11.8 Å². The zero-order valence-electron chi connectivity index (χ0n) is 31.4. The van der Waals surface area contributed by atoms with E-state index in [1.165, 1.54) is 68.0 Å². The number of aliphatic carboxylic acids is 1. The molecule has 2 fully saturated rings. The van der Waals surface area contributed by atoms with E-state index in [1.807, 2.05) is 4.90 Å². The van der Waals surface area contributed by atoms with Crippen molar-refractivity contribution in [3.8, 4) is 0 Å². The van der Waals surface area contributed by atoms with E-state index in [9.17, 15) is 19.5 Å². The normalized spacial score (nSPS) is 18.2. The van der Waals surface area contributed by atoms with Gasteiger partial charge in [-0.1, -0.05) is 44.9 Å². The van der Waals surface area contributed by atoms with Crippen molar-refractivity contribution in [2.45, 2.75) is 75.9 Å². The molecule has 302 valence electrons. The van der Waals surface area contributed by atoms with Crippen molar-refractivity contribution in [3.63, 3.8) is 0 Å². The molecule has 14 nitrogen and oxygen atoms in total. The Morgan fingerprint density at radius 2 is 1.37 bits per heavy atom. The summed E-state index contributed by atoms with van der Waals surface area (Å²) in [6, 6.07) is 0. The number of carbonyl (C=O) groups excluding carboxylic acids is 2. The van der Waals surface area contributed by atoms with E-state index in [0.29, 0.717) is 46.1 Å². The number of hydrogen-bond donors (Lipinski definition) is 3. The third-order valence-electron chi connectivity index (χ3n) is 8.84. The number of rotatable bonds is 32. The fourth-order valence-electron chi connectivity index (χ4n) is 5.90. The number of carboxylic acids is 1. The van der Waals surface area contributed by atoms with Crippen molar-refractivity contribution in [2.75, 3.05) is 130 Å². The number of carboxylic acid groups (broad SMARTS) is 1. The molecule has 52 heavy (non-hydrogen) atoms. The molecule has 0 saturated carbocycles. The molecular weight excluding hydrogens is 711 g/mol. The van der Waals surface area contributed by atoms with E-state index in [4.69, 9.17) is 24.1 Å². The predicted octanol–water partition coefficient (Wildman–Crippen LogP) is 1.79. The number of ether oxygens (including phenoxy) is 4. The lowest BCUT2D eigenvalue weighted by Gasteiger charge is -2.24. The second-order valence-electron chi connectivity index (χ2n) is 13.1. The highest BCUT2D eigenvalue weighted by molar-refractivity contribution is 8.00. The Hall–Kier alpha value is -1.50. The maximum atomic E-state index is 12.8. The molecule has 0 aliphatic carbocycles. The quantitative estimate of drug-likeness (QED) is 0.0298. The standard InChI is InChI=1S/C36H67N5O9S2/c42-33(31-50-26-25-49-24-23-48-22-21-47-20-8-6-4-2-1-3-5-7-9-27-51)38-13-17-41-34(43)29-32(36(41)46)52-28-10-14-39-15-11-37-12-16-40(19-18-39)30-35(44)45/h32,37,51H,1-31H2,(H,38,42)(H,44,45)/p-1. The van der Waals surface area contributed by atoms with Gasteiger partial charge in [0, 0.05) is 58.8 Å². The van der Waals surface area contributed by atoms with E-state index in [2.05, 4.69) is 27.8 Å². The molecule has 16 heteroatoms. The number of nitrogens with one attached hydrogen (secondary N) is 1. The van der Waals surface area contributed by atoms with Gasteiger partial charge in [-0.3, -0.25) is 24.2 Å². The van der Waals surface area contributed by atoms with E-state index in [1.54, 1.807) is 0 Å². The van der Waals surface area contributed by atoms with Crippen molar-refractivity contribution in [1.82, 2.24) is 20.0 Å². The van der Waals surface area contributed by atoms with Crippen molar-refractivity contribution >= 4 is 48.1 Å². The third-order valence-corrected chi connectivity index (χ3v) is 10.5. The van der Waals surface area contributed by atoms with Crippen LogP contribution in [0.4, 0.5) is 0 Å². The Morgan fingerprint density at radius 3 is 2.02 bits per heavy atom. The van der Waals surface area contributed by atoms with Crippen molar-refractivity contribution < 1.29 is 43.5 Å². The summed E-state index contributed by atoms with van der Waals surface area (Å²) >= 11 is 5.74. The Kier molecular flexibility index (Phi) is 28.5. The lowest BCUT2D eigenvalue weighted by molar-refractivity contribution is -0.223. The molecule has 2 N–H and O–H groups in total. The number of hydrogen-bond acceptors (Lipinski definition) is 14. The molecule has 1 atom stereocenters. The zero-order chi connectivity index (χ0) is 37.5. The molecule has 0 radical (unpaired) electrons. The minimum absolute atomic E-state index is 0.0386. The number of aliphatic imine (C=N–C) groups is 1. The molecule has 1 unspecified atom stereocenters. The first-order chi connectivity index (χ1) is 25.4. The number of thioether (sulfide) groups is 1. The average Bonchev–Trinajstić information content (AvgIpc) is 3.44. The van der Waals surface area contributed by atoms with Crippen LogP contribution < -0.4 is 10.4 Å². The van der Waals surface area contributed by atoms with E-state index < -0.39 is 17.1 Å². The van der Waals surface area contributed by atoms with E-state index in [-0.39, 0.29) is 51.1 Å². The first-order valence-corrected chi connectivity index (χ1v) is 21.0. The number of nitrogens with zero attached hydrogens (tertiary/aromatic N) is 4. The fourth-order valence-corrected chi connectivity index (χ4v) is 7.24. The highest BCUT2D eigenvalue weighted by atomic mass is 32.2. The van der Waals surface area contributed by atoms with Gasteiger partial charge in [0.1, 0.15) is 0 Å². The predicted molar refractivity (Wildman–Crippen MR) is 207 cm³/mol. The minimum atomic E-state index is -0.818. The van der Waals surface area contributed by atoms with Crippen LogP contribution in [0.5, 0.6) is 0 Å². The van der Waals surface area contributed by atoms with Gasteiger partial charge in [0.15, 0.2) is 0 Å². The lowest BCUT2D eigenvalue weighted by Crippen LogP contribution is -2.39. The summed E-state index contributed by atoms with van der Waals surface area (Å²) < 4.78 is 21.9. The Morgan fingerprint density at radius 1 is 0.788 bits per heavy atom. The van der Waals surface area contributed by atoms with Gasteiger partial charge >= 0.3 is 5.97 Å². The molecule has 0 bridgehead atoms. The number of carbonyl (C=O) groups is 3. The summed E-state index contributed by atoms with van der Waals surface area (Å²) in [6.45, 7) is 8.89. The fraction of sp³-hybridized carbons (Fsp3) is 0.889. The molecule has 2 rings (SSSR count). The number of thiol groups is 1. The summed E-state index contributed by atoms with van der Waals surface area (Å²) in [4.78, 5) is 45.8. The van der Waals surface area contributed by atoms with Gasteiger partial charge in [-0.25, -0.2) is 0 Å². The van der Waals surface area contributed by atoms with Crippen LogP contribution in [0.1, 0.15) is 70.6 Å². The monoisotopic (exact) mass is 776 g/mol. The molecule has 0 spiro atoms. The van der Waals surface area contributed by atoms with Crippen molar-refractivity contribution in [1.29, 1.82) is 0 Å². The largest absolute Gasteiger partial charge is 0.860 e. The summed E-state index contributed by atoms with van der Waals surface area (Å²) in [7, 11) is 0. The molecule has 0 aromatic rings. The van der Waals surface area contributed by atoms with Gasteiger partial charge in [-0.2, -0.15) is 12.6 Å². The zero-order valence-corrected chi connectivity index (χ0v) is 33.1. The van der Waals surface area contributed by atoms with E-state index in [0.717, 1.165) is 63.7 Å². The smallest absolute Gasteiger partial charge is 0.317 e. The summed E-state index contributed by atoms with van der Waals surface area (Å²) in [5.74, 6) is 0.0290. The SMILES string of the molecule is O=C(O)CN1CCNCCN(CCCSC2CC(=O)N(CCN=C([O-])COCCOCCOCCOCCCCCCCCCCCS)C2=O)CC1. The minimum Gasteiger partial charge on any atom is -0.860 e. The summed E-state index contributed by atoms with van der Waals surface area (Å²) in [5.41, 5.74) is 0. The molecule has 2 heterocycles. The van der Waals surface area contributed by atoms with Crippen LogP contribution in [0.2, 0.25) is 0 Å². The molecule has 0 aromatic heterocycles. The highest BCUT2D eigenvalue weighted by Crippen LogP contribution is 2.25. The molecule has 2 aliphatic heterocycles. The van der Waals surface area contributed by atoms with Gasteiger partial charge in [0.25, 0.3) is 0 Å². The Labute approximate surface area is 321 Å². The van der Waals surface area contributed by atoms with Gasteiger partial charge in [0.05, 0.1) is 64.6 Å². The molecule has 0 aromatic carbocycles. The third kappa shape index (κ3) is 24.0. The van der Waals surface area contributed by atoms with Crippen molar-refractivity contribution in [3.05, 3.63) is 0 Å². The lowest BCUT2D eigenvalue weighted by atomic mass is 10.1. The first-order valence-electron chi connectivity index (χ1n) is 19.4. The highest BCUT2D eigenvalue weighted by Gasteiger charge is 2.38. The second-order valence-corrected chi connectivity index (χ2v) is 14.9. The van der Waals surface area contributed by atoms with Crippen LogP contribution in [0.3, 0.4) is 0 Å². The van der Waals surface area contributed by atoms with Crippen LogP contribution in [0.15, 0.2) is 4.99 Å². The van der Waals surface area contributed by atoms with Crippen LogP contribution in [0.25, 0.3) is 0 Å². The number of imide groups is 1. The second kappa shape index (κ2) is 31.8. The van der Waals surface area contributed by atoms with Crippen molar-refractivity contribution in [2.24, 2.45) is 4.99 Å². The topological polar surface area (TPSA) is 166 Å². The van der Waals surface area contributed by atoms with Gasteiger partial charge in [-0.15, -0.1) is 11.8 Å². The summed E-state index contributed by atoms with van der Waals surface area (Å²) in [6.07, 6.45) is 12.5. The molecule has 2 aliphatic rings. The Balaban J connectivity index is 1.40.